The summed E-state index contributed by atoms with van der Waals surface area (Å²) in [6.45, 7) is 0.784. The number of imidazole rings is 1. The molecule has 0 spiro atoms. The van der Waals surface area contributed by atoms with Crippen LogP contribution in [0.15, 0.2) is 24.5 Å². The van der Waals surface area contributed by atoms with Crippen molar-refractivity contribution in [2.75, 3.05) is 6.54 Å². The first-order valence-electron chi connectivity index (χ1n) is 5.41. The van der Waals surface area contributed by atoms with Gasteiger partial charge in [-0.1, -0.05) is 6.07 Å². The van der Waals surface area contributed by atoms with E-state index < -0.39 is 0 Å². The average molecular weight is 203 g/mol. The van der Waals surface area contributed by atoms with E-state index in [-0.39, 0.29) is 0 Å². The second-order valence-corrected chi connectivity index (χ2v) is 3.92. The van der Waals surface area contributed by atoms with Crippen LogP contribution in [0, 0.1) is 0 Å². The number of hydrogen-bond acceptors (Lipinski definition) is 2. The van der Waals surface area contributed by atoms with Gasteiger partial charge in [-0.3, -0.25) is 0 Å². The van der Waals surface area contributed by atoms with Crippen molar-refractivity contribution in [1.82, 2.24) is 9.55 Å². The van der Waals surface area contributed by atoms with Crippen LogP contribution in [0.5, 0.6) is 0 Å². The highest BCUT2D eigenvalue weighted by Crippen LogP contribution is 2.15. The van der Waals surface area contributed by atoms with Crippen LogP contribution >= 0.6 is 0 Å². The molecule has 80 valence electrons. The van der Waals surface area contributed by atoms with Gasteiger partial charge in [0.05, 0.1) is 17.4 Å². The number of nitrogens with two attached hydrogens (primary N) is 1. The molecule has 3 nitrogen and oxygen atoms in total. The van der Waals surface area contributed by atoms with Gasteiger partial charge in [-0.05, 0) is 43.5 Å². The molecular formula is C12H17N3. The number of hydrogen-bond donors (Lipinski definition) is 1. The minimum Gasteiger partial charge on any atom is -0.334 e. The van der Waals surface area contributed by atoms with Gasteiger partial charge in [0, 0.05) is 7.05 Å². The van der Waals surface area contributed by atoms with Crippen molar-refractivity contribution in [2.45, 2.75) is 19.3 Å². The van der Waals surface area contributed by atoms with Crippen molar-refractivity contribution in [3.05, 3.63) is 30.1 Å². The maximum atomic E-state index is 5.47. The molecule has 1 aromatic carbocycles. The molecule has 0 radical (unpaired) electrons. The predicted octanol–water partition coefficient (Wildman–Crippen LogP) is 1.85. The molecule has 1 aromatic heterocycles. The van der Waals surface area contributed by atoms with Gasteiger partial charge in [-0.15, -0.1) is 0 Å². The highest BCUT2D eigenvalue weighted by Gasteiger charge is 2.00. The standard InChI is InChI=1S/C12H17N3/c1-15-9-14-11-8-10(4-2-3-7-13)5-6-12(11)15/h5-6,8-9H,2-4,7,13H2,1H3. The van der Waals surface area contributed by atoms with Crippen LogP contribution in [0.1, 0.15) is 18.4 Å². The average Bonchev–Trinajstić information content (AvgIpc) is 2.61. The zero-order valence-electron chi connectivity index (χ0n) is 9.11. The van der Waals surface area contributed by atoms with Crippen LogP contribution in [0.2, 0.25) is 0 Å². The molecule has 2 aromatic rings. The van der Waals surface area contributed by atoms with Crippen LogP contribution in [-0.2, 0) is 13.5 Å². The van der Waals surface area contributed by atoms with E-state index in [4.69, 9.17) is 5.73 Å². The fourth-order valence-corrected chi connectivity index (χ4v) is 1.81. The molecule has 0 fully saturated rings. The van der Waals surface area contributed by atoms with E-state index in [0.717, 1.165) is 31.3 Å². The van der Waals surface area contributed by atoms with Gasteiger partial charge in [0.2, 0.25) is 0 Å². The molecule has 15 heavy (non-hydrogen) atoms. The second-order valence-electron chi connectivity index (χ2n) is 3.92. The Morgan fingerprint density at radius 2 is 2.20 bits per heavy atom. The third-order valence-corrected chi connectivity index (χ3v) is 2.71. The van der Waals surface area contributed by atoms with Crippen molar-refractivity contribution in [2.24, 2.45) is 12.8 Å². The maximum absolute atomic E-state index is 5.47. The quantitative estimate of drug-likeness (QED) is 0.771. The van der Waals surface area contributed by atoms with Crippen molar-refractivity contribution in [3.8, 4) is 0 Å². The number of benzene rings is 1. The minimum atomic E-state index is 0.784. The fourth-order valence-electron chi connectivity index (χ4n) is 1.81. The number of unbranched alkanes of at least 4 members (excludes halogenated alkanes) is 1. The molecule has 0 amide bonds. The first-order valence-corrected chi connectivity index (χ1v) is 5.41. The number of aromatic nitrogens is 2. The van der Waals surface area contributed by atoms with Crippen LogP contribution < -0.4 is 5.73 Å². The fraction of sp³-hybridized carbons (Fsp3) is 0.417. The van der Waals surface area contributed by atoms with Gasteiger partial charge in [-0.2, -0.15) is 0 Å². The summed E-state index contributed by atoms with van der Waals surface area (Å²) in [4.78, 5) is 4.35. The molecule has 3 heteroatoms. The molecule has 0 saturated heterocycles. The molecule has 0 aliphatic heterocycles. The molecule has 2 N–H and O–H groups in total. The molecule has 0 saturated carbocycles. The Labute approximate surface area is 89.9 Å². The zero-order valence-corrected chi connectivity index (χ0v) is 9.11. The lowest BCUT2D eigenvalue weighted by molar-refractivity contribution is 0.745. The molecule has 0 bridgehead atoms. The smallest absolute Gasteiger partial charge is 0.0955 e. The Bertz CT molecular complexity index is 445. The van der Waals surface area contributed by atoms with Gasteiger partial charge in [0.15, 0.2) is 0 Å². The molecule has 0 atom stereocenters. The van der Waals surface area contributed by atoms with Gasteiger partial charge in [0.1, 0.15) is 0 Å². The molecule has 2 rings (SSSR count). The summed E-state index contributed by atoms with van der Waals surface area (Å²) >= 11 is 0. The number of rotatable bonds is 4. The monoisotopic (exact) mass is 203 g/mol. The molecule has 0 unspecified atom stereocenters. The van der Waals surface area contributed by atoms with Gasteiger partial charge in [-0.25, -0.2) is 4.98 Å². The summed E-state index contributed by atoms with van der Waals surface area (Å²) in [7, 11) is 2.02. The summed E-state index contributed by atoms with van der Waals surface area (Å²) in [5, 5.41) is 0. The van der Waals surface area contributed by atoms with Crippen molar-refractivity contribution in [3.63, 3.8) is 0 Å². The van der Waals surface area contributed by atoms with Gasteiger partial charge in [0.25, 0.3) is 0 Å². The normalized spacial score (nSPS) is 11.1. The highest BCUT2D eigenvalue weighted by atomic mass is 15.0. The SMILES string of the molecule is Cn1cnc2cc(CCCCN)ccc21. The Morgan fingerprint density at radius 1 is 1.33 bits per heavy atom. The lowest BCUT2D eigenvalue weighted by atomic mass is 10.1. The third kappa shape index (κ3) is 2.18. The summed E-state index contributed by atoms with van der Waals surface area (Å²) < 4.78 is 2.04. The lowest BCUT2D eigenvalue weighted by Crippen LogP contribution is -1.98. The van der Waals surface area contributed by atoms with E-state index >= 15 is 0 Å². The maximum Gasteiger partial charge on any atom is 0.0955 e. The number of fused-ring (bicyclic) bond motifs is 1. The van der Waals surface area contributed by atoms with Gasteiger partial charge < -0.3 is 10.3 Å². The largest absolute Gasteiger partial charge is 0.334 e. The Hall–Kier alpha value is -1.35. The Morgan fingerprint density at radius 3 is 3.00 bits per heavy atom. The number of nitrogens with zero attached hydrogens (tertiary/aromatic N) is 2. The third-order valence-electron chi connectivity index (χ3n) is 2.71. The molecule has 0 aliphatic carbocycles. The molecule has 1 heterocycles. The predicted molar refractivity (Wildman–Crippen MR) is 62.7 cm³/mol. The zero-order chi connectivity index (χ0) is 10.7. The van der Waals surface area contributed by atoms with E-state index in [1.54, 1.807) is 0 Å². The second kappa shape index (κ2) is 4.45. The van der Waals surface area contributed by atoms with Crippen LogP contribution in [0.3, 0.4) is 0 Å². The first-order chi connectivity index (χ1) is 7.31. The summed E-state index contributed by atoms with van der Waals surface area (Å²) in [5.74, 6) is 0. The Balaban J connectivity index is 2.16. The van der Waals surface area contributed by atoms with Crippen LogP contribution in [-0.4, -0.2) is 16.1 Å². The summed E-state index contributed by atoms with van der Waals surface area (Å²) in [6, 6.07) is 6.49. The van der Waals surface area contributed by atoms with Gasteiger partial charge >= 0.3 is 0 Å². The Kier molecular flexibility index (Phi) is 3.02. The molecule has 0 aliphatic rings. The van der Waals surface area contributed by atoms with Crippen molar-refractivity contribution in [1.29, 1.82) is 0 Å². The number of aryl methyl sites for hydroxylation is 2. The molecular weight excluding hydrogens is 186 g/mol. The van der Waals surface area contributed by atoms with E-state index in [1.165, 1.54) is 11.1 Å². The van der Waals surface area contributed by atoms with Crippen LogP contribution in [0.4, 0.5) is 0 Å². The highest BCUT2D eigenvalue weighted by molar-refractivity contribution is 5.75. The lowest BCUT2D eigenvalue weighted by Gasteiger charge is -2.01. The van der Waals surface area contributed by atoms with E-state index in [1.807, 2.05) is 17.9 Å². The van der Waals surface area contributed by atoms with Crippen molar-refractivity contribution >= 4 is 11.0 Å². The topological polar surface area (TPSA) is 43.8 Å². The summed E-state index contributed by atoms with van der Waals surface area (Å²) in [5.41, 5.74) is 9.11. The van der Waals surface area contributed by atoms with E-state index in [2.05, 4.69) is 23.2 Å². The van der Waals surface area contributed by atoms with Crippen LogP contribution in [0.25, 0.3) is 11.0 Å². The minimum absolute atomic E-state index is 0.784. The summed E-state index contributed by atoms with van der Waals surface area (Å²) in [6.07, 6.45) is 5.22. The first kappa shape index (κ1) is 10.2. The van der Waals surface area contributed by atoms with E-state index in [9.17, 15) is 0 Å². The van der Waals surface area contributed by atoms with E-state index in [0.29, 0.717) is 0 Å². The van der Waals surface area contributed by atoms with Crippen molar-refractivity contribution < 1.29 is 0 Å².